The van der Waals surface area contributed by atoms with Crippen LogP contribution in [0.3, 0.4) is 0 Å². The number of likely N-dealkylation sites (tertiary alicyclic amines) is 1. The molecular weight excluding hydrogens is 447 g/mol. The molecule has 2 aromatic carbocycles. The fourth-order valence-corrected chi connectivity index (χ4v) is 4.28. The van der Waals surface area contributed by atoms with Crippen LogP contribution >= 0.6 is 11.8 Å². The first-order valence-corrected chi connectivity index (χ1v) is 10.8. The minimum atomic E-state index is -4.70. The zero-order chi connectivity index (χ0) is 23.3. The number of amides is 2. The van der Waals surface area contributed by atoms with Gasteiger partial charge in [-0.1, -0.05) is 18.2 Å². The van der Waals surface area contributed by atoms with Crippen molar-refractivity contribution in [2.75, 3.05) is 24.2 Å². The average Bonchev–Trinajstić information content (AvgIpc) is 2.77. The summed E-state index contributed by atoms with van der Waals surface area (Å²) in [6.07, 6.45) is -3.45. The fourth-order valence-electron chi connectivity index (χ4n) is 3.37. The zero-order valence-electron chi connectivity index (χ0n) is 16.8. The lowest BCUT2D eigenvalue weighted by atomic mass is 9.97. The number of nitrogens with one attached hydrogen (secondary N) is 1. The average molecular weight is 467 g/mol. The second-order valence-electron chi connectivity index (χ2n) is 7.26. The predicted octanol–water partition coefficient (Wildman–Crippen LogP) is 4.58. The smallest absolute Gasteiger partial charge is 0.341 e. The Morgan fingerprint density at radius 1 is 1.19 bits per heavy atom. The van der Waals surface area contributed by atoms with Crippen LogP contribution in [0.15, 0.2) is 53.4 Å². The summed E-state index contributed by atoms with van der Waals surface area (Å²) in [5.41, 5.74) is -1.16. The van der Waals surface area contributed by atoms with E-state index in [1.807, 2.05) is 6.07 Å². The van der Waals surface area contributed by atoms with Gasteiger partial charge in [-0.15, -0.1) is 11.8 Å². The van der Waals surface area contributed by atoms with Gasteiger partial charge in [0.2, 0.25) is 11.8 Å². The molecule has 0 spiro atoms. The van der Waals surface area contributed by atoms with Crippen molar-refractivity contribution in [3.63, 3.8) is 0 Å². The van der Waals surface area contributed by atoms with Gasteiger partial charge < -0.3 is 10.2 Å². The summed E-state index contributed by atoms with van der Waals surface area (Å²) in [6.45, 7) is 0.663. The lowest BCUT2D eigenvalue weighted by molar-refractivity contribution is -0.388. The highest BCUT2D eigenvalue weighted by molar-refractivity contribution is 8.00. The Morgan fingerprint density at radius 2 is 1.91 bits per heavy atom. The first-order valence-electron chi connectivity index (χ1n) is 9.77. The molecule has 11 heteroatoms. The van der Waals surface area contributed by atoms with E-state index in [2.05, 4.69) is 5.32 Å². The number of para-hydroxylation sites is 1. The number of thioether (sulfide) groups is 1. The zero-order valence-corrected chi connectivity index (χ0v) is 17.6. The summed E-state index contributed by atoms with van der Waals surface area (Å²) in [5, 5.41) is 14.0. The highest BCUT2D eigenvalue weighted by atomic mass is 32.2. The fraction of sp³-hybridized carbons (Fsp3) is 0.333. The third-order valence-electron chi connectivity index (χ3n) is 5.02. The Hall–Kier alpha value is -3.08. The highest BCUT2D eigenvalue weighted by Gasteiger charge is 2.33. The molecule has 1 fully saturated rings. The summed E-state index contributed by atoms with van der Waals surface area (Å²) in [7, 11) is 0. The van der Waals surface area contributed by atoms with Crippen LogP contribution in [0.5, 0.6) is 0 Å². The number of rotatable bonds is 6. The number of hydrogen-bond donors (Lipinski definition) is 1. The van der Waals surface area contributed by atoms with Crippen molar-refractivity contribution < 1.29 is 27.7 Å². The molecule has 2 aromatic rings. The third kappa shape index (κ3) is 6.00. The molecule has 0 bridgehead atoms. The van der Waals surface area contributed by atoms with Crippen LogP contribution in [0.2, 0.25) is 0 Å². The van der Waals surface area contributed by atoms with Crippen LogP contribution in [-0.4, -0.2) is 40.5 Å². The van der Waals surface area contributed by atoms with E-state index in [4.69, 9.17) is 0 Å². The Labute approximate surface area is 186 Å². The van der Waals surface area contributed by atoms with Crippen molar-refractivity contribution in [1.82, 2.24) is 4.90 Å². The van der Waals surface area contributed by atoms with E-state index in [-0.39, 0.29) is 29.0 Å². The Balaban J connectivity index is 1.61. The molecular formula is C21H20F3N3O4S. The molecule has 32 heavy (non-hydrogen) atoms. The van der Waals surface area contributed by atoms with Crippen molar-refractivity contribution in [2.45, 2.75) is 23.9 Å². The number of nitro groups is 1. The number of nitro benzene ring substituents is 1. The van der Waals surface area contributed by atoms with Gasteiger partial charge in [-0.05, 0) is 37.1 Å². The van der Waals surface area contributed by atoms with E-state index in [0.717, 1.165) is 23.9 Å². The number of piperidine rings is 1. The number of nitrogens with zero attached hydrogens (tertiary/aromatic N) is 2. The van der Waals surface area contributed by atoms with E-state index in [9.17, 15) is 32.9 Å². The van der Waals surface area contributed by atoms with E-state index < -0.39 is 28.3 Å². The number of carbonyl (C=O) groups is 2. The minimum Gasteiger partial charge on any atom is -0.341 e. The summed E-state index contributed by atoms with van der Waals surface area (Å²) < 4.78 is 38.5. The maximum atomic E-state index is 12.8. The molecule has 1 aliphatic rings. The Kier molecular flexibility index (Phi) is 7.39. The lowest BCUT2D eigenvalue weighted by Crippen LogP contribution is -2.44. The van der Waals surface area contributed by atoms with Crippen LogP contribution in [0, 0.1) is 16.0 Å². The van der Waals surface area contributed by atoms with E-state index >= 15 is 0 Å². The molecule has 2 amide bonds. The highest BCUT2D eigenvalue weighted by Crippen LogP contribution is 2.36. The van der Waals surface area contributed by atoms with Crippen molar-refractivity contribution in [1.29, 1.82) is 0 Å². The number of carbonyl (C=O) groups excluding carboxylic acids is 2. The SMILES string of the molecule is O=C(Nc1ccccc1)C1CCCN(C(=O)CSc2ccc(C(F)(F)F)cc2[N+](=O)[O-])C1. The Morgan fingerprint density at radius 3 is 2.56 bits per heavy atom. The van der Waals surface area contributed by atoms with Gasteiger partial charge in [0, 0.05) is 24.8 Å². The van der Waals surface area contributed by atoms with Gasteiger partial charge in [0.25, 0.3) is 5.69 Å². The molecule has 1 atom stereocenters. The summed E-state index contributed by atoms with van der Waals surface area (Å²) >= 11 is 0.808. The molecule has 0 radical (unpaired) electrons. The van der Waals surface area contributed by atoms with Crippen LogP contribution in [0.1, 0.15) is 18.4 Å². The lowest BCUT2D eigenvalue weighted by Gasteiger charge is -2.32. The monoisotopic (exact) mass is 467 g/mol. The normalized spacial score (nSPS) is 16.5. The third-order valence-corrected chi connectivity index (χ3v) is 6.07. The molecule has 1 heterocycles. The van der Waals surface area contributed by atoms with Crippen molar-refractivity contribution in [2.24, 2.45) is 5.92 Å². The van der Waals surface area contributed by atoms with Crippen molar-refractivity contribution in [3.8, 4) is 0 Å². The minimum absolute atomic E-state index is 0.0215. The maximum Gasteiger partial charge on any atom is 0.416 e. The number of alkyl halides is 3. The molecule has 1 aliphatic heterocycles. The van der Waals surface area contributed by atoms with Gasteiger partial charge in [-0.2, -0.15) is 13.2 Å². The van der Waals surface area contributed by atoms with Gasteiger partial charge in [0.05, 0.1) is 27.1 Å². The second-order valence-corrected chi connectivity index (χ2v) is 8.28. The summed E-state index contributed by atoms with van der Waals surface area (Å²) in [6, 6.07) is 11.2. The topological polar surface area (TPSA) is 92.6 Å². The number of anilines is 1. The maximum absolute atomic E-state index is 12.8. The number of benzene rings is 2. The van der Waals surface area contributed by atoms with Crippen molar-refractivity contribution in [3.05, 3.63) is 64.2 Å². The van der Waals surface area contributed by atoms with Gasteiger partial charge in [0.15, 0.2) is 0 Å². The van der Waals surface area contributed by atoms with Crippen LogP contribution < -0.4 is 5.32 Å². The quantitative estimate of drug-likeness (QED) is 0.381. The summed E-state index contributed by atoms with van der Waals surface area (Å²) in [4.78, 5) is 37.0. The van der Waals surface area contributed by atoms with Gasteiger partial charge in [-0.25, -0.2) is 0 Å². The summed E-state index contributed by atoms with van der Waals surface area (Å²) in [5.74, 6) is -1.10. The number of halogens is 3. The molecule has 1 saturated heterocycles. The van der Waals surface area contributed by atoms with Crippen LogP contribution in [0.25, 0.3) is 0 Å². The second kappa shape index (κ2) is 10.0. The first-order chi connectivity index (χ1) is 15.1. The van der Waals surface area contributed by atoms with Gasteiger partial charge in [-0.3, -0.25) is 19.7 Å². The van der Waals surface area contributed by atoms with E-state index in [1.165, 1.54) is 4.90 Å². The van der Waals surface area contributed by atoms with Crippen LogP contribution in [0.4, 0.5) is 24.5 Å². The molecule has 7 nitrogen and oxygen atoms in total. The van der Waals surface area contributed by atoms with Gasteiger partial charge >= 0.3 is 6.18 Å². The first kappa shape index (κ1) is 23.6. The van der Waals surface area contributed by atoms with Crippen molar-refractivity contribution >= 4 is 35.0 Å². The molecule has 1 unspecified atom stereocenters. The largest absolute Gasteiger partial charge is 0.416 e. The standard InChI is InChI=1S/C21H20F3N3O4S/c22-21(23,24)15-8-9-18(17(11-15)27(30)31)32-13-19(28)26-10-4-5-14(12-26)20(29)25-16-6-2-1-3-7-16/h1-3,6-9,11,14H,4-5,10,12-13H2,(H,25,29). The van der Waals surface area contributed by atoms with E-state index in [1.54, 1.807) is 24.3 Å². The number of hydrogen-bond acceptors (Lipinski definition) is 5. The molecule has 3 rings (SSSR count). The molecule has 0 aliphatic carbocycles. The molecule has 1 N–H and O–H groups in total. The predicted molar refractivity (Wildman–Crippen MR) is 113 cm³/mol. The molecule has 170 valence electrons. The molecule has 0 aromatic heterocycles. The van der Waals surface area contributed by atoms with Gasteiger partial charge in [0.1, 0.15) is 0 Å². The Bertz CT molecular complexity index is 1000. The molecule has 0 saturated carbocycles. The van der Waals surface area contributed by atoms with Crippen LogP contribution in [-0.2, 0) is 15.8 Å². The van der Waals surface area contributed by atoms with E-state index in [0.29, 0.717) is 31.1 Å².